The predicted octanol–water partition coefficient (Wildman–Crippen LogP) is 2.39. The van der Waals surface area contributed by atoms with E-state index in [-0.39, 0.29) is 0 Å². The lowest BCUT2D eigenvalue weighted by atomic mass is 9.97. The Labute approximate surface area is 97.0 Å². The van der Waals surface area contributed by atoms with Crippen LogP contribution in [0.3, 0.4) is 0 Å². The van der Waals surface area contributed by atoms with Gasteiger partial charge in [0.2, 0.25) is 5.89 Å². The number of likely N-dealkylation sites (tertiary alicyclic amines) is 1. The van der Waals surface area contributed by atoms with Crippen LogP contribution in [0.15, 0.2) is 4.52 Å². The summed E-state index contributed by atoms with van der Waals surface area (Å²) in [7, 11) is 0. The zero-order chi connectivity index (χ0) is 11.5. The van der Waals surface area contributed by atoms with Gasteiger partial charge >= 0.3 is 0 Å². The highest BCUT2D eigenvalue weighted by Crippen LogP contribution is 2.27. The van der Waals surface area contributed by atoms with Crippen LogP contribution < -0.4 is 0 Å². The third-order valence-corrected chi connectivity index (χ3v) is 3.36. The van der Waals surface area contributed by atoms with Crippen LogP contribution in [0.25, 0.3) is 0 Å². The summed E-state index contributed by atoms with van der Waals surface area (Å²) in [6.07, 6.45) is 2.29. The molecule has 1 aliphatic rings. The van der Waals surface area contributed by atoms with Crippen molar-refractivity contribution in [3.63, 3.8) is 0 Å². The van der Waals surface area contributed by atoms with E-state index in [9.17, 15) is 0 Å². The van der Waals surface area contributed by atoms with E-state index in [0.29, 0.717) is 11.8 Å². The van der Waals surface area contributed by atoms with Crippen LogP contribution in [0, 0.1) is 0 Å². The van der Waals surface area contributed by atoms with Gasteiger partial charge in [-0.1, -0.05) is 25.9 Å². The molecule has 0 radical (unpaired) electrons. The average molecular weight is 223 g/mol. The molecule has 2 rings (SSSR count). The van der Waals surface area contributed by atoms with Gasteiger partial charge < -0.3 is 9.42 Å². The monoisotopic (exact) mass is 223 g/mol. The van der Waals surface area contributed by atoms with Crippen molar-refractivity contribution in [3.05, 3.63) is 11.7 Å². The van der Waals surface area contributed by atoms with E-state index in [0.717, 1.165) is 44.2 Å². The summed E-state index contributed by atoms with van der Waals surface area (Å²) in [5.41, 5.74) is 0. The first-order chi connectivity index (χ1) is 7.70. The fourth-order valence-electron chi connectivity index (χ4n) is 2.14. The van der Waals surface area contributed by atoms with E-state index < -0.39 is 0 Å². The molecule has 90 valence electrons. The zero-order valence-electron chi connectivity index (χ0n) is 10.4. The second-order valence-electron chi connectivity index (χ2n) is 4.85. The molecule has 1 aliphatic heterocycles. The number of hydrogen-bond donors (Lipinski definition) is 0. The molecule has 4 heteroatoms. The van der Waals surface area contributed by atoms with Crippen LogP contribution >= 0.6 is 0 Å². The highest BCUT2D eigenvalue weighted by Gasteiger charge is 2.24. The van der Waals surface area contributed by atoms with Crippen LogP contribution in [0.5, 0.6) is 0 Å². The van der Waals surface area contributed by atoms with E-state index in [2.05, 4.69) is 35.8 Å². The summed E-state index contributed by atoms with van der Waals surface area (Å²) in [5.74, 6) is 2.52. The van der Waals surface area contributed by atoms with Crippen molar-refractivity contribution in [2.75, 3.05) is 19.6 Å². The largest absolute Gasteiger partial charge is 0.339 e. The minimum Gasteiger partial charge on any atom is -0.339 e. The predicted molar refractivity (Wildman–Crippen MR) is 62.5 cm³/mol. The maximum atomic E-state index is 5.35. The second-order valence-corrected chi connectivity index (χ2v) is 4.85. The molecule has 0 aliphatic carbocycles. The minimum atomic E-state index is 0.355. The molecule has 0 N–H and O–H groups in total. The maximum absolute atomic E-state index is 5.35. The van der Waals surface area contributed by atoms with Crippen molar-refractivity contribution in [2.45, 2.75) is 45.4 Å². The average Bonchev–Trinajstić information content (AvgIpc) is 2.78. The third kappa shape index (κ3) is 2.43. The lowest BCUT2D eigenvalue weighted by molar-refractivity contribution is 0.202. The van der Waals surface area contributed by atoms with Gasteiger partial charge in [0.15, 0.2) is 5.82 Å². The summed E-state index contributed by atoms with van der Waals surface area (Å²) in [5, 5.41) is 4.03. The molecule has 0 spiro atoms. The SMILES string of the molecule is CCN1CCC(c2nc(C(C)C)no2)CC1. The first-order valence-electron chi connectivity index (χ1n) is 6.26. The minimum absolute atomic E-state index is 0.355. The quantitative estimate of drug-likeness (QED) is 0.789. The van der Waals surface area contributed by atoms with Crippen molar-refractivity contribution in [2.24, 2.45) is 0 Å². The molecule has 0 aromatic carbocycles. The van der Waals surface area contributed by atoms with E-state index in [1.165, 1.54) is 0 Å². The van der Waals surface area contributed by atoms with Crippen LogP contribution in [0.2, 0.25) is 0 Å². The van der Waals surface area contributed by atoms with Crippen molar-refractivity contribution in [1.29, 1.82) is 0 Å². The van der Waals surface area contributed by atoms with E-state index >= 15 is 0 Å². The molecule has 1 aromatic rings. The lowest BCUT2D eigenvalue weighted by Gasteiger charge is -2.28. The molecule has 2 heterocycles. The van der Waals surface area contributed by atoms with Gasteiger partial charge in [-0.05, 0) is 32.5 Å². The Morgan fingerprint density at radius 1 is 1.38 bits per heavy atom. The topological polar surface area (TPSA) is 42.2 Å². The van der Waals surface area contributed by atoms with Crippen LogP contribution in [0.4, 0.5) is 0 Å². The first kappa shape index (κ1) is 11.6. The molecule has 1 fully saturated rings. The van der Waals surface area contributed by atoms with Crippen molar-refractivity contribution in [1.82, 2.24) is 15.0 Å². The van der Waals surface area contributed by atoms with Crippen molar-refractivity contribution < 1.29 is 4.52 Å². The number of aromatic nitrogens is 2. The molecular formula is C12H21N3O. The molecule has 0 bridgehead atoms. The number of nitrogens with zero attached hydrogens (tertiary/aromatic N) is 3. The fourth-order valence-corrected chi connectivity index (χ4v) is 2.14. The number of piperidine rings is 1. The summed E-state index contributed by atoms with van der Waals surface area (Å²) in [6, 6.07) is 0. The Kier molecular flexibility index (Phi) is 3.59. The molecule has 1 aromatic heterocycles. The van der Waals surface area contributed by atoms with Crippen LogP contribution in [-0.4, -0.2) is 34.7 Å². The zero-order valence-corrected chi connectivity index (χ0v) is 10.4. The van der Waals surface area contributed by atoms with Gasteiger partial charge in [-0.2, -0.15) is 4.98 Å². The first-order valence-corrected chi connectivity index (χ1v) is 6.26. The highest BCUT2D eigenvalue weighted by molar-refractivity contribution is 4.98. The van der Waals surface area contributed by atoms with Gasteiger partial charge in [-0.3, -0.25) is 0 Å². The molecular weight excluding hydrogens is 202 g/mol. The highest BCUT2D eigenvalue weighted by atomic mass is 16.5. The summed E-state index contributed by atoms with van der Waals surface area (Å²) < 4.78 is 5.35. The second kappa shape index (κ2) is 4.95. The van der Waals surface area contributed by atoms with Gasteiger partial charge in [-0.25, -0.2) is 0 Å². The van der Waals surface area contributed by atoms with Crippen molar-refractivity contribution in [3.8, 4) is 0 Å². The Morgan fingerprint density at radius 3 is 2.56 bits per heavy atom. The van der Waals surface area contributed by atoms with Crippen LogP contribution in [-0.2, 0) is 0 Å². The van der Waals surface area contributed by atoms with Gasteiger partial charge in [-0.15, -0.1) is 0 Å². The summed E-state index contributed by atoms with van der Waals surface area (Å²) in [4.78, 5) is 6.96. The van der Waals surface area contributed by atoms with Gasteiger partial charge in [0.05, 0.1) is 0 Å². The van der Waals surface area contributed by atoms with Crippen molar-refractivity contribution >= 4 is 0 Å². The summed E-state index contributed by atoms with van der Waals surface area (Å²) >= 11 is 0. The lowest BCUT2D eigenvalue weighted by Crippen LogP contribution is -2.32. The van der Waals surface area contributed by atoms with Gasteiger partial charge in [0.1, 0.15) is 0 Å². The number of hydrogen-bond acceptors (Lipinski definition) is 4. The Balaban J connectivity index is 1.97. The molecule has 16 heavy (non-hydrogen) atoms. The van der Waals surface area contributed by atoms with E-state index in [4.69, 9.17) is 4.52 Å². The molecule has 1 saturated heterocycles. The standard InChI is InChI=1S/C12H21N3O/c1-4-15-7-5-10(6-8-15)12-13-11(9(2)3)14-16-12/h9-10H,4-8H2,1-3H3. The molecule has 0 unspecified atom stereocenters. The number of rotatable bonds is 3. The van der Waals surface area contributed by atoms with Crippen LogP contribution in [0.1, 0.15) is 57.2 Å². The Bertz CT molecular complexity index is 327. The fraction of sp³-hybridized carbons (Fsp3) is 0.833. The third-order valence-electron chi connectivity index (χ3n) is 3.36. The van der Waals surface area contributed by atoms with Gasteiger partial charge in [0.25, 0.3) is 0 Å². The molecule has 4 nitrogen and oxygen atoms in total. The summed E-state index contributed by atoms with van der Waals surface area (Å²) in [6.45, 7) is 9.85. The Morgan fingerprint density at radius 2 is 2.06 bits per heavy atom. The van der Waals surface area contributed by atoms with Gasteiger partial charge in [0, 0.05) is 11.8 Å². The molecule has 0 atom stereocenters. The maximum Gasteiger partial charge on any atom is 0.229 e. The normalized spacial score (nSPS) is 19.5. The van der Waals surface area contributed by atoms with E-state index in [1.807, 2.05) is 0 Å². The Hall–Kier alpha value is -0.900. The smallest absolute Gasteiger partial charge is 0.229 e. The molecule has 0 saturated carbocycles. The molecule has 0 amide bonds. The van der Waals surface area contributed by atoms with E-state index in [1.54, 1.807) is 0 Å².